The maximum absolute atomic E-state index is 13.9. The van der Waals surface area contributed by atoms with Gasteiger partial charge in [0, 0.05) is 22.2 Å². The highest BCUT2D eigenvalue weighted by Crippen LogP contribution is 2.36. The third kappa shape index (κ3) is 3.01. The Morgan fingerprint density at radius 2 is 2.10 bits per heavy atom. The SMILES string of the molecule is O=C(CC1C(=O)Nc2c(F)cccc21)Nn1cnc2scc(-c3cccs3)c2c1=O. The van der Waals surface area contributed by atoms with E-state index in [1.165, 1.54) is 41.1 Å². The Morgan fingerprint density at radius 3 is 2.90 bits per heavy atom. The van der Waals surface area contributed by atoms with Crippen molar-refractivity contribution in [2.24, 2.45) is 0 Å². The minimum Gasteiger partial charge on any atom is -0.323 e. The smallest absolute Gasteiger partial charge is 0.281 e. The van der Waals surface area contributed by atoms with Crippen LogP contribution in [0, 0.1) is 5.82 Å². The summed E-state index contributed by atoms with van der Waals surface area (Å²) in [4.78, 5) is 43.6. The van der Waals surface area contributed by atoms with Gasteiger partial charge in [0.1, 0.15) is 17.0 Å². The van der Waals surface area contributed by atoms with Crippen molar-refractivity contribution < 1.29 is 14.0 Å². The van der Waals surface area contributed by atoms with Crippen LogP contribution in [-0.2, 0) is 9.59 Å². The quantitative estimate of drug-likeness (QED) is 0.508. The monoisotopic (exact) mass is 440 g/mol. The minimum absolute atomic E-state index is 0.0967. The summed E-state index contributed by atoms with van der Waals surface area (Å²) in [6, 6.07) is 8.15. The molecule has 2 N–H and O–H groups in total. The molecule has 1 atom stereocenters. The van der Waals surface area contributed by atoms with Crippen LogP contribution in [0.15, 0.2) is 52.2 Å². The fourth-order valence-corrected chi connectivity index (χ4v) is 5.23. The van der Waals surface area contributed by atoms with Gasteiger partial charge >= 0.3 is 0 Å². The molecule has 1 aliphatic rings. The van der Waals surface area contributed by atoms with E-state index in [1.807, 2.05) is 22.9 Å². The number of halogens is 1. The molecule has 0 fully saturated rings. The Morgan fingerprint density at radius 1 is 1.23 bits per heavy atom. The number of fused-ring (bicyclic) bond motifs is 2. The number of thiophene rings is 2. The molecule has 0 saturated heterocycles. The summed E-state index contributed by atoms with van der Waals surface area (Å²) in [5.74, 6) is -2.38. The number of nitrogens with one attached hydrogen (secondary N) is 2. The Labute approximate surface area is 176 Å². The van der Waals surface area contributed by atoms with Gasteiger partial charge in [-0.05, 0) is 23.1 Å². The number of para-hydroxylation sites is 1. The highest BCUT2D eigenvalue weighted by Gasteiger charge is 2.34. The van der Waals surface area contributed by atoms with Gasteiger partial charge in [-0.15, -0.1) is 22.7 Å². The molecule has 7 nitrogen and oxygen atoms in total. The van der Waals surface area contributed by atoms with Gasteiger partial charge in [-0.25, -0.2) is 14.1 Å². The number of carbonyl (C=O) groups excluding carboxylic acids is 2. The molecular weight excluding hydrogens is 427 g/mol. The van der Waals surface area contributed by atoms with Crippen molar-refractivity contribution in [2.75, 3.05) is 10.7 Å². The van der Waals surface area contributed by atoms with E-state index >= 15 is 0 Å². The number of carbonyl (C=O) groups is 2. The lowest BCUT2D eigenvalue weighted by Gasteiger charge is -2.11. The molecule has 4 heterocycles. The van der Waals surface area contributed by atoms with Crippen LogP contribution in [0.3, 0.4) is 0 Å². The zero-order chi connectivity index (χ0) is 20.8. The summed E-state index contributed by atoms with van der Waals surface area (Å²) in [6.07, 6.45) is 1.02. The largest absolute Gasteiger partial charge is 0.323 e. The molecule has 1 unspecified atom stereocenters. The van der Waals surface area contributed by atoms with Crippen LogP contribution in [0.1, 0.15) is 17.9 Å². The van der Waals surface area contributed by atoms with Crippen molar-refractivity contribution >= 4 is 50.4 Å². The highest BCUT2D eigenvalue weighted by molar-refractivity contribution is 7.18. The lowest BCUT2D eigenvalue weighted by Crippen LogP contribution is -2.34. The predicted molar refractivity (Wildman–Crippen MR) is 114 cm³/mol. The lowest BCUT2D eigenvalue weighted by molar-refractivity contribution is -0.122. The zero-order valence-corrected chi connectivity index (χ0v) is 16.8. The van der Waals surface area contributed by atoms with Crippen LogP contribution in [0.5, 0.6) is 0 Å². The first kappa shape index (κ1) is 18.6. The molecule has 3 aromatic heterocycles. The second-order valence-electron chi connectivity index (χ2n) is 6.71. The van der Waals surface area contributed by atoms with Gasteiger partial charge in [0.05, 0.1) is 17.0 Å². The first-order valence-electron chi connectivity index (χ1n) is 8.95. The Hall–Kier alpha value is -3.37. The maximum Gasteiger partial charge on any atom is 0.281 e. The molecule has 2 amide bonds. The fraction of sp³-hybridized carbons (Fsp3) is 0.100. The summed E-state index contributed by atoms with van der Waals surface area (Å²) >= 11 is 2.86. The topological polar surface area (TPSA) is 93.1 Å². The predicted octanol–water partition coefficient (Wildman–Crippen LogP) is 3.52. The first-order valence-corrected chi connectivity index (χ1v) is 10.7. The lowest BCUT2D eigenvalue weighted by atomic mass is 9.97. The molecule has 0 saturated carbocycles. The molecule has 5 rings (SSSR count). The van der Waals surface area contributed by atoms with Gasteiger partial charge in [-0.1, -0.05) is 18.2 Å². The summed E-state index contributed by atoms with van der Waals surface area (Å²) in [5.41, 5.74) is 3.38. The van der Waals surface area contributed by atoms with Crippen LogP contribution in [-0.4, -0.2) is 21.5 Å². The normalized spacial score (nSPS) is 15.2. The van der Waals surface area contributed by atoms with E-state index in [-0.39, 0.29) is 12.1 Å². The first-order chi connectivity index (χ1) is 14.5. The van der Waals surface area contributed by atoms with Gasteiger partial charge in [0.2, 0.25) is 11.8 Å². The minimum atomic E-state index is -0.828. The summed E-state index contributed by atoms with van der Waals surface area (Å²) in [5, 5.41) is 6.68. The second-order valence-corrected chi connectivity index (χ2v) is 8.52. The Balaban J connectivity index is 1.43. The number of anilines is 1. The van der Waals surface area contributed by atoms with E-state index < -0.39 is 29.1 Å². The number of nitrogens with zero attached hydrogens (tertiary/aromatic N) is 2. The fourth-order valence-electron chi connectivity index (χ4n) is 3.51. The average molecular weight is 440 g/mol. The standard InChI is InChI=1S/C20H13FN4O3S2/c21-13-4-1-3-10-11(18(27)23-17(10)13)7-15(26)24-25-9-22-19-16(20(25)28)12(8-30-19)14-5-2-6-29-14/h1-6,8-9,11H,7H2,(H,23,27)(H,24,26). The second kappa shape index (κ2) is 7.15. The van der Waals surface area contributed by atoms with E-state index in [0.29, 0.717) is 15.8 Å². The number of aromatic nitrogens is 2. The Bertz CT molecular complexity index is 1360. The van der Waals surface area contributed by atoms with E-state index in [2.05, 4.69) is 15.7 Å². The number of hydrogen-bond donors (Lipinski definition) is 2. The molecular formula is C20H13FN4O3S2. The van der Waals surface area contributed by atoms with Gasteiger partial charge in [0.25, 0.3) is 5.56 Å². The van der Waals surface area contributed by atoms with Gasteiger partial charge in [0.15, 0.2) is 0 Å². The molecule has 1 aromatic carbocycles. The molecule has 1 aliphatic heterocycles. The van der Waals surface area contributed by atoms with E-state index in [1.54, 1.807) is 6.07 Å². The third-order valence-electron chi connectivity index (χ3n) is 4.90. The average Bonchev–Trinajstić information content (AvgIpc) is 3.45. The highest BCUT2D eigenvalue weighted by atomic mass is 32.1. The molecule has 4 aromatic rings. The summed E-state index contributed by atoms with van der Waals surface area (Å²) in [6.45, 7) is 0. The third-order valence-corrected chi connectivity index (χ3v) is 6.69. The van der Waals surface area contributed by atoms with Crippen LogP contribution in [0.2, 0.25) is 0 Å². The number of benzene rings is 1. The van der Waals surface area contributed by atoms with Crippen LogP contribution in [0.4, 0.5) is 10.1 Å². The van der Waals surface area contributed by atoms with Crippen LogP contribution < -0.4 is 16.3 Å². The van der Waals surface area contributed by atoms with Gasteiger partial charge < -0.3 is 5.32 Å². The summed E-state index contributed by atoms with van der Waals surface area (Å²) < 4.78 is 14.9. The molecule has 0 spiro atoms. The van der Waals surface area contributed by atoms with Gasteiger partial charge in [-0.3, -0.25) is 19.8 Å². The van der Waals surface area contributed by atoms with Crippen molar-refractivity contribution in [3.63, 3.8) is 0 Å². The number of amides is 2. The molecule has 150 valence electrons. The number of rotatable bonds is 4. The molecule has 0 bridgehead atoms. The molecule has 30 heavy (non-hydrogen) atoms. The molecule has 10 heteroatoms. The van der Waals surface area contributed by atoms with Gasteiger partial charge in [-0.2, -0.15) is 0 Å². The molecule has 0 aliphatic carbocycles. The number of hydrogen-bond acceptors (Lipinski definition) is 6. The van der Waals surface area contributed by atoms with Crippen molar-refractivity contribution in [3.8, 4) is 10.4 Å². The van der Waals surface area contributed by atoms with Crippen LogP contribution in [0.25, 0.3) is 20.7 Å². The van der Waals surface area contributed by atoms with Crippen LogP contribution >= 0.6 is 22.7 Å². The van der Waals surface area contributed by atoms with E-state index in [0.717, 1.165) is 15.1 Å². The summed E-state index contributed by atoms with van der Waals surface area (Å²) in [7, 11) is 0. The Kier molecular flexibility index (Phi) is 4.44. The van der Waals surface area contributed by atoms with E-state index in [9.17, 15) is 18.8 Å². The van der Waals surface area contributed by atoms with Crippen molar-refractivity contribution in [3.05, 3.63) is 69.2 Å². The maximum atomic E-state index is 13.9. The van der Waals surface area contributed by atoms with Crippen molar-refractivity contribution in [2.45, 2.75) is 12.3 Å². The van der Waals surface area contributed by atoms with Crippen molar-refractivity contribution in [1.82, 2.24) is 9.66 Å². The zero-order valence-electron chi connectivity index (χ0n) is 15.2. The van der Waals surface area contributed by atoms with E-state index in [4.69, 9.17) is 0 Å². The van der Waals surface area contributed by atoms with Crippen molar-refractivity contribution in [1.29, 1.82) is 0 Å². The molecule has 0 radical (unpaired) electrons.